The van der Waals surface area contributed by atoms with Crippen molar-refractivity contribution in [1.82, 2.24) is 20.2 Å². The molecule has 0 spiro atoms. The zero-order valence-electron chi connectivity index (χ0n) is 11.7. The summed E-state index contributed by atoms with van der Waals surface area (Å²) in [5.74, 6) is 0.642. The molecule has 0 aliphatic heterocycles. The van der Waals surface area contributed by atoms with Crippen LogP contribution in [0.25, 0.3) is 0 Å². The highest BCUT2D eigenvalue weighted by Crippen LogP contribution is 2.11. The number of H-pyrrole nitrogens is 1. The van der Waals surface area contributed by atoms with Crippen molar-refractivity contribution in [3.63, 3.8) is 0 Å². The van der Waals surface area contributed by atoms with E-state index in [1.165, 1.54) is 0 Å². The van der Waals surface area contributed by atoms with Crippen LogP contribution in [0.3, 0.4) is 0 Å². The fourth-order valence-corrected chi connectivity index (χ4v) is 1.75. The highest BCUT2D eigenvalue weighted by molar-refractivity contribution is 5.33. The number of nitrogens with one attached hydrogen (secondary N) is 2. The molecule has 2 aromatic rings. The van der Waals surface area contributed by atoms with Gasteiger partial charge < -0.3 is 10.1 Å². The first-order valence-electron chi connectivity index (χ1n) is 6.18. The van der Waals surface area contributed by atoms with E-state index in [4.69, 9.17) is 4.74 Å². The van der Waals surface area contributed by atoms with E-state index < -0.39 is 0 Å². The average Bonchev–Trinajstić information content (AvgIpc) is 2.81. The monoisotopic (exact) mass is 261 g/mol. The maximum absolute atomic E-state index is 5.02. The lowest BCUT2D eigenvalue weighted by Crippen LogP contribution is -2.07. The number of methoxy groups -OCH3 is 1. The summed E-state index contributed by atoms with van der Waals surface area (Å²) in [6.45, 7) is 7.12. The molecule has 0 radical (unpaired) electrons. The molecular formula is C13H19N5O. The van der Waals surface area contributed by atoms with Crippen molar-refractivity contribution in [2.75, 3.05) is 12.4 Å². The van der Waals surface area contributed by atoms with Crippen LogP contribution in [0.2, 0.25) is 0 Å². The Labute approximate surface area is 112 Å². The molecule has 19 heavy (non-hydrogen) atoms. The largest absolute Gasteiger partial charge is 0.378 e. The van der Waals surface area contributed by atoms with Crippen molar-refractivity contribution in [2.24, 2.45) is 0 Å². The van der Waals surface area contributed by atoms with Gasteiger partial charge in [0, 0.05) is 18.5 Å². The number of nitrogens with zero attached hydrogens (tertiary/aromatic N) is 3. The number of aryl methyl sites for hydroxylation is 2. The van der Waals surface area contributed by atoms with Crippen LogP contribution < -0.4 is 5.32 Å². The molecule has 2 heterocycles. The Morgan fingerprint density at radius 3 is 2.53 bits per heavy atom. The van der Waals surface area contributed by atoms with Crippen molar-refractivity contribution in [2.45, 2.75) is 33.9 Å². The van der Waals surface area contributed by atoms with Gasteiger partial charge in [-0.2, -0.15) is 5.10 Å². The van der Waals surface area contributed by atoms with Gasteiger partial charge in [-0.1, -0.05) is 0 Å². The Kier molecular flexibility index (Phi) is 4.11. The molecule has 0 aromatic carbocycles. The molecule has 2 rings (SSSR count). The molecule has 0 unspecified atom stereocenters. The van der Waals surface area contributed by atoms with Crippen molar-refractivity contribution >= 4 is 5.95 Å². The van der Waals surface area contributed by atoms with Gasteiger partial charge in [-0.05, 0) is 32.4 Å². The van der Waals surface area contributed by atoms with E-state index in [-0.39, 0.29) is 0 Å². The SMILES string of the molecule is COCc1cc(CNc2nc(C)c(C)c(C)n2)[nH]n1. The Hall–Kier alpha value is -1.95. The summed E-state index contributed by atoms with van der Waals surface area (Å²) in [7, 11) is 1.65. The third kappa shape index (κ3) is 3.29. The van der Waals surface area contributed by atoms with Gasteiger partial charge in [0.25, 0.3) is 0 Å². The number of rotatable bonds is 5. The van der Waals surface area contributed by atoms with Gasteiger partial charge in [-0.3, -0.25) is 5.10 Å². The van der Waals surface area contributed by atoms with Crippen LogP contribution in [-0.4, -0.2) is 27.3 Å². The van der Waals surface area contributed by atoms with Gasteiger partial charge in [0.1, 0.15) is 0 Å². The Balaban J connectivity index is 2.01. The molecular weight excluding hydrogens is 242 g/mol. The highest BCUT2D eigenvalue weighted by Gasteiger charge is 2.05. The lowest BCUT2D eigenvalue weighted by molar-refractivity contribution is 0.181. The van der Waals surface area contributed by atoms with Crippen LogP contribution >= 0.6 is 0 Å². The summed E-state index contributed by atoms with van der Waals surface area (Å²) in [6, 6.07) is 1.96. The first-order valence-corrected chi connectivity index (χ1v) is 6.18. The molecule has 6 heteroatoms. The molecule has 2 aromatic heterocycles. The van der Waals surface area contributed by atoms with Crippen molar-refractivity contribution in [3.8, 4) is 0 Å². The first kappa shape index (κ1) is 13.5. The van der Waals surface area contributed by atoms with Crippen LogP contribution in [0.5, 0.6) is 0 Å². The van der Waals surface area contributed by atoms with Crippen LogP contribution in [0, 0.1) is 20.8 Å². The fourth-order valence-electron chi connectivity index (χ4n) is 1.75. The van der Waals surface area contributed by atoms with Gasteiger partial charge in [-0.15, -0.1) is 0 Å². The van der Waals surface area contributed by atoms with Gasteiger partial charge >= 0.3 is 0 Å². The second-order valence-electron chi connectivity index (χ2n) is 4.51. The molecule has 102 valence electrons. The number of aromatic nitrogens is 4. The second-order valence-corrected chi connectivity index (χ2v) is 4.51. The zero-order valence-corrected chi connectivity index (χ0v) is 11.7. The molecule has 0 fully saturated rings. The molecule has 0 aliphatic rings. The molecule has 0 amide bonds. The minimum absolute atomic E-state index is 0.510. The van der Waals surface area contributed by atoms with Gasteiger partial charge in [0.05, 0.1) is 24.5 Å². The van der Waals surface area contributed by atoms with E-state index in [1.807, 2.05) is 26.8 Å². The summed E-state index contributed by atoms with van der Waals surface area (Å²) < 4.78 is 5.02. The summed E-state index contributed by atoms with van der Waals surface area (Å²) in [5.41, 5.74) is 5.00. The number of aromatic amines is 1. The van der Waals surface area contributed by atoms with Gasteiger partial charge in [0.2, 0.25) is 5.95 Å². The van der Waals surface area contributed by atoms with E-state index in [0.717, 1.165) is 28.3 Å². The van der Waals surface area contributed by atoms with E-state index >= 15 is 0 Å². The maximum Gasteiger partial charge on any atom is 0.223 e. The minimum atomic E-state index is 0.510. The molecule has 2 N–H and O–H groups in total. The van der Waals surface area contributed by atoms with Crippen LogP contribution in [0.4, 0.5) is 5.95 Å². The minimum Gasteiger partial charge on any atom is -0.378 e. The number of ether oxygens (including phenoxy) is 1. The predicted octanol–water partition coefficient (Wildman–Crippen LogP) is 1.88. The normalized spacial score (nSPS) is 10.7. The third-order valence-electron chi connectivity index (χ3n) is 3.05. The van der Waals surface area contributed by atoms with Crippen LogP contribution in [-0.2, 0) is 17.9 Å². The molecule has 0 bridgehead atoms. The van der Waals surface area contributed by atoms with E-state index in [1.54, 1.807) is 7.11 Å². The number of hydrogen-bond donors (Lipinski definition) is 2. The fraction of sp³-hybridized carbons (Fsp3) is 0.462. The van der Waals surface area contributed by atoms with E-state index in [2.05, 4.69) is 25.5 Å². The van der Waals surface area contributed by atoms with E-state index in [9.17, 15) is 0 Å². The van der Waals surface area contributed by atoms with E-state index in [0.29, 0.717) is 19.1 Å². The summed E-state index contributed by atoms with van der Waals surface area (Å²) in [6.07, 6.45) is 0. The Morgan fingerprint density at radius 1 is 1.21 bits per heavy atom. The number of hydrogen-bond acceptors (Lipinski definition) is 5. The molecule has 0 atom stereocenters. The molecule has 0 saturated carbocycles. The van der Waals surface area contributed by atoms with Crippen molar-refractivity contribution < 1.29 is 4.74 Å². The summed E-state index contributed by atoms with van der Waals surface area (Å²) in [4.78, 5) is 8.82. The van der Waals surface area contributed by atoms with Gasteiger partial charge in [0.15, 0.2) is 0 Å². The molecule has 0 aliphatic carbocycles. The van der Waals surface area contributed by atoms with Crippen molar-refractivity contribution in [3.05, 3.63) is 34.4 Å². The third-order valence-corrected chi connectivity index (χ3v) is 3.05. The Bertz CT molecular complexity index is 541. The lowest BCUT2D eigenvalue weighted by atomic mass is 10.2. The molecule has 6 nitrogen and oxygen atoms in total. The standard InChI is InChI=1S/C13H19N5O/c1-8-9(2)15-13(16-10(8)3)14-6-11-5-12(7-19-4)18-17-11/h5H,6-7H2,1-4H3,(H,17,18)(H,14,15,16). The predicted molar refractivity (Wildman–Crippen MR) is 72.9 cm³/mol. The maximum atomic E-state index is 5.02. The smallest absolute Gasteiger partial charge is 0.223 e. The summed E-state index contributed by atoms with van der Waals surface area (Å²) in [5, 5.41) is 10.3. The quantitative estimate of drug-likeness (QED) is 0.859. The zero-order chi connectivity index (χ0) is 13.8. The van der Waals surface area contributed by atoms with Gasteiger partial charge in [-0.25, -0.2) is 9.97 Å². The average molecular weight is 261 g/mol. The Morgan fingerprint density at radius 2 is 1.89 bits per heavy atom. The second kappa shape index (κ2) is 5.79. The van der Waals surface area contributed by atoms with Crippen molar-refractivity contribution in [1.29, 1.82) is 0 Å². The molecule has 0 saturated heterocycles. The number of anilines is 1. The lowest BCUT2D eigenvalue weighted by Gasteiger charge is -2.08. The van der Waals surface area contributed by atoms with Crippen LogP contribution in [0.1, 0.15) is 28.3 Å². The van der Waals surface area contributed by atoms with Crippen LogP contribution in [0.15, 0.2) is 6.07 Å². The topological polar surface area (TPSA) is 75.7 Å². The highest BCUT2D eigenvalue weighted by atomic mass is 16.5. The summed E-state index contributed by atoms with van der Waals surface area (Å²) >= 11 is 0. The first-order chi connectivity index (χ1) is 9.10.